The molecular weight excluding hydrogens is 346 g/mol. The maximum atomic E-state index is 11.5. The number of rotatable bonds is 9. The van der Waals surface area contributed by atoms with Crippen LogP contribution in [0.3, 0.4) is 0 Å². The molecule has 0 unspecified atom stereocenters. The Bertz CT molecular complexity index is 594. The van der Waals surface area contributed by atoms with Gasteiger partial charge in [-0.3, -0.25) is 9.79 Å². The molecule has 1 aromatic rings. The molecule has 2 heterocycles. The first-order valence-electron chi connectivity index (χ1n) is 9.88. The SMILES string of the molecule is CCOCCCN=C(NCCn1cnnc1CC)N1CCN(C(C)=O)CC1. The minimum atomic E-state index is 0.137. The van der Waals surface area contributed by atoms with E-state index in [0.717, 1.165) is 83.7 Å². The van der Waals surface area contributed by atoms with Gasteiger partial charge in [0.1, 0.15) is 12.2 Å². The lowest BCUT2D eigenvalue weighted by molar-refractivity contribution is -0.130. The molecule has 2 rings (SSSR count). The summed E-state index contributed by atoms with van der Waals surface area (Å²) in [5.41, 5.74) is 0. The molecule has 27 heavy (non-hydrogen) atoms. The summed E-state index contributed by atoms with van der Waals surface area (Å²) in [6.45, 7) is 12.5. The van der Waals surface area contributed by atoms with E-state index in [1.165, 1.54) is 0 Å². The Balaban J connectivity index is 1.89. The maximum absolute atomic E-state index is 11.5. The lowest BCUT2D eigenvalue weighted by Crippen LogP contribution is -2.53. The summed E-state index contributed by atoms with van der Waals surface area (Å²) in [4.78, 5) is 20.4. The largest absolute Gasteiger partial charge is 0.382 e. The molecule has 1 saturated heterocycles. The molecule has 152 valence electrons. The van der Waals surface area contributed by atoms with Gasteiger partial charge in [0.2, 0.25) is 5.91 Å². The normalized spacial score (nSPS) is 15.3. The van der Waals surface area contributed by atoms with Crippen LogP contribution >= 0.6 is 0 Å². The molecule has 0 aliphatic carbocycles. The highest BCUT2D eigenvalue weighted by Gasteiger charge is 2.21. The van der Waals surface area contributed by atoms with Crippen LogP contribution in [0, 0.1) is 0 Å². The van der Waals surface area contributed by atoms with Crippen molar-refractivity contribution in [1.29, 1.82) is 0 Å². The van der Waals surface area contributed by atoms with Crippen molar-refractivity contribution in [1.82, 2.24) is 29.9 Å². The van der Waals surface area contributed by atoms with Crippen LogP contribution in [0.2, 0.25) is 0 Å². The fourth-order valence-electron chi connectivity index (χ4n) is 3.02. The van der Waals surface area contributed by atoms with E-state index in [-0.39, 0.29) is 5.91 Å². The van der Waals surface area contributed by atoms with Gasteiger partial charge in [0.05, 0.1) is 0 Å². The molecule has 0 atom stereocenters. The number of aliphatic imine (C=N–C) groups is 1. The number of guanidine groups is 1. The lowest BCUT2D eigenvalue weighted by atomic mass is 10.3. The molecule has 1 fully saturated rings. The number of ether oxygens (including phenoxy) is 1. The molecule has 0 spiro atoms. The van der Waals surface area contributed by atoms with Crippen molar-refractivity contribution < 1.29 is 9.53 Å². The quantitative estimate of drug-likeness (QED) is 0.379. The number of hydrogen-bond acceptors (Lipinski definition) is 5. The third-order valence-corrected chi connectivity index (χ3v) is 4.58. The summed E-state index contributed by atoms with van der Waals surface area (Å²) in [5, 5.41) is 11.6. The predicted octanol–water partition coefficient (Wildman–Crippen LogP) is 0.377. The highest BCUT2D eigenvalue weighted by molar-refractivity contribution is 5.80. The number of aromatic nitrogens is 3. The smallest absolute Gasteiger partial charge is 0.219 e. The second kappa shape index (κ2) is 11.5. The Hall–Kier alpha value is -2.16. The van der Waals surface area contributed by atoms with E-state index in [1.54, 1.807) is 13.3 Å². The van der Waals surface area contributed by atoms with E-state index in [0.29, 0.717) is 0 Å². The number of nitrogens with one attached hydrogen (secondary N) is 1. The zero-order valence-electron chi connectivity index (χ0n) is 16.9. The monoisotopic (exact) mass is 379 g/mol. The topological polar surface area (TPSA) is 87.9 Å². The Morgan fingerprint density at radius 1 is 1.26 bits per heavy atom. The van der Waals surface area contributed by atoms with Crippen molar-refractivity contribution in [3.05, 3.63) is 12.2 Å². The van der Waals surface area contributed by atoms with Gasteiger partial charge >= 0.3 is 0 Å². The van der Waals surface area contributed by atoms with Gasteiger partial charge in [-0.25, -0.2) is 0 Å². The van der Waals surface area contributed by atoms with Crippen molar-refractivity contribution in [2.24, 2.45) is 4.99 Å². The van der Waals surface area contributed by atoms with Crippen molar-refractivity contribution in [3.63, 3.8) is 0 Å². The molecule has 0 aromatic carbocycles. The Morgan fingerprint density at radius 2 is 2.00 bits per heavy atom. The molecule has 9 heteroatoms. The van der Waals surface area contributed by atoms with Crippen molar-refractivity contribution >= 4 is 11.9 Å². The lowest BCUT2D eigenvalue weighted by Gasteiger charge is -2.36. The van der Waals surface area contributed by atoms with Gasteiger partial charge in [-0.2, -0.15) is 0 Å². The van der Waals surface area contributed by atoms with Crippen LogP contribution in [0.4, 0.5) is 0 Å². The Labute approximate surface area is 161 Å². The number of amides is 1. The zero-order valence-corrected chi connectivity index (χ0v) is 16.9. The molecule has 0 radical (unpaired) electrons. The minimum absolute atomic E-state index is 0.137. The van der Waals surface area contributed by atoms with Gasteiger partial charge in [-0.15, -0.1) is 10.2 Å². The number of hydrogen-bond donors (Lipinski definition) is 1. The van der Waals surface area contributed by atoms with Gasteiger partial charge in [-0.1, -0.05) is 6.92 Å². The van der Waals surface area contributed by atoms with Gasteiger partial charge in [-0.05, 0) is 13.3 Å². The van der Waals surface area contributed by atoms with Crippen molar-refractivity contribution in [2.45, 2.75) is 40.2 Å². The number of aryl methyl sites for hydroxylation is 1. The minimum Gasteiger partial charge on any atom is -0.382 e. The molecule has 1 aliphatic heterocycles. The molecule has 1 aromatic heterocycles. The number of piperazine rings is 1. The van der Waals surface area contributed by atoms with E-state index in [1.807, 2.05) is 11.8 Å². The van der Waals surface area contributed by atoms with Crippen LogP contribution in [-0.2, 0) is 22.5 Å². The van der Waals surface area contributed by atoms with Gasteiger partial charge in [0, 0.05) is 72.4 Å². The van der Waals surface area contributed by atoms with Crippen LogP contribution in [0.25, 0.3) is 0 Å². The molecule has 1 N–H and O–H groups in total. The number of carbonyl (C=O) groups excluding carboxylic acids is 1. The van der Waals surface area contributed by atoms with E-state index < -0.39 is 0 Å². The first-order valence-corrected chi connectivity index (χ1v) is 9.88. The average molecular weight is 380 g/mol. The molecule has 9 nitrogen and oxygen atoms in total. The summed E-state index contributed by atoms with van der Waals surface area (Å²) < 4.78 is 7.46. The van der Waals surface area contributed by atoms with Crippen LogP contribution < -0.4 is 5.32 Å². The summed E-state index contributed by atoms with van der Waals surface area (Å²) in [7, 11) is 0. The fourth-order valence-corrected chi connectivity index (χ4v) is 3.02. The Kier molecular flexibility index (Phi) is 9.03. The molecule has 0 bridgehead atoms. The van der Waals surface area contributed by atoms with Crippen molar-refractivity contribution in [3.8, 4) is 0 Å². The molecule has 1 aliphatic rings. The number of carbonyl (C=O) groups is 1. The van der Waals surface area contributed by atoms with E-state index >= 15 is 0 Å². The third-order valence-electron chi connectivity index (χ3n) is 4.58. The van der Waals surface area contributed by atoms with Gasteiger partial charge in [0.15, 0.2) is 5.96 Å². The first-order chi connectivity index (χ1) is 13.2. The van der Waals surface area contributed by atoms with Crippen LogP contribution in [-0.4, -0.2) is 88.9 Å². The van der Waals surface area contributed by atoms with Gasteiger partial charge in [0.25, 0.3) is 0 Å². The average Bonchev–Trinajstić information content (AvgIpc) is 3.14. The highest BCUT2D eigenvalue weighted by Crippen LogP contribution is 2.03. The third kappa shape index (κ3) is 6.82. The standard InChI is InChI=1S/C18H33N7O2/c1-4-17-22-21-15-25(17)9-8-20-18(19-7-6-14-27-5-2)24-12-10-23(11-13-24)16(3)26/h15H,4-14H2,1-3H3,(H,19,20). The fraction of sp³-hybridized carbons (Fsp3) is 0.778. The van der Waals surface area contributed by atoms with E-state index in [9.17, 15) is 4.79 Å². The van der Waals surface area contributed by atoms with Crippen molar-refractivity contribution in [2.75, 3.05) is 52.5 Å². The summed E-state index contributed by atoms with van der Waals surface area (Å²) in [5.74, 6) is 2.03. The first kappa shape index (κ1) is 21.1. The maximum Gasteiger partial charge on any atom is 0.219 e. The molecular formula is C18H33N7O2. The van der Waals surface area contributed by atoms with E-state index in [4.69, 9.17) is 9.73 Å². The Morgan fingerprint density at radius 3 is 2.67 bits per heavy atom. The zero-order chi connectivity index (χ0) is 19.5. The van der Waals surface area contributed by atoms with Crippen LogP contribution in [0.1, 0.15) is 33.0 Å². The highest BCUT2D eigenvalue weighted by atomic mass is 16.5. The summed E-state index contributed by atoms with van der Waals surface area (Å²) in [6, 6.07) is 0. The van der Waals surface area contributed by atoms with E-state index in [2.05, 4.69) is 31.9 Å². The predicted molar refractivity (Wildman–Crippen MR) is 105 cm³/mol. The summed E-state index contributed by atoms with van der Waals surface area (Å²) in [6.07, 6.45) is 3.54. The number of nitrogens with zero attached hydrogens (tertiary/aromatic N) is 6. The molecule has 0 saturated carbocycles. The summed E-state index contributed by atoms with van der Waals surface area (Å²) >= 11 is 0. The molecule has 1 amide bonds. The van der Waals surface area contributed by atoms with Gasteiger partial charge < -0.3 is 24.4 Å². The van der Waals surface area contributed by atoms with Crippen LogP contribution in [0.5, 0.6) is 0 Å². The second-order valence-electron chi connectivity index (χ2n) is 6.47. The second-order valence-corrected chi connectivity index (χ2v) is 6.47. The van der Waals surface area contributed by atoms with Crippen LogP contribution in [0.15, 0.2) is 11.3 Å².